The molecule has 0 aromatic rings. The average Bonchev–Trinajstić information content (AvgIpc) is 2.34. The lowest BCUT2D eigenvalue weighted by atomic mass is 9.90. The first-order chi connectivity index (χ1) is 8.59. The highest BCUT2D eigenvalue weighted by Gasteiger charge is 2.18. The van der Waals surface area contributed by atoms with Crippen molar-refractivity contribution in [1.82, 2.24) is 5.06 Å². The van der Waals surface area contributed by atoms with Crippen molar-refractivity contribution in [3.05, 3.63) is 0 Å². The van der Waals surface area contributed by atoms with Crippen LogP contribution < -0.4 is 0 Å². The maximum Gasteiger partial charge on any atom is 0.505 e. The van der Waals surface area contributed by atoms with Gasteiger partial charge in [-0.3, -0.25) is 9.63 Å². The third kappa shape index (κ3) is 6.43. The minimum absolute atomic E-state index is 0.140. The number of amides is 1. The number of nitrogens with zero attached hydrogens (tertiary/aromatic N) is 1. The Bertz CT molecular complexity index is 279. The van der Waals surface area contributed by atoms with Crippen LogP contribution in [0.3, 0.4) is 0 Å². The summed E-state index contributed by atoms with van der Waals surface area (Å²) in [7, 11) is -2.12. The Morgan fingerprint density at radius 3 is 2.61 bits per heavy atom. The fourth-order valence-corrected chi connectivity index (χ4v) is 2.62. The molecule has 1 N–H and O–H groups in total. The molecule has 1 amide bonds. The van der Waals surface area contributed by atoms with Crippen molar-refractivity contribution in [2.24, 2.45) is 5.92 Å². The molecule has 1 fully saturated rings. The van der Waals surface area contributed by atoms with Crippen LogP contribution in [0.4, 0.5) is 0 Å². The van der Waals surface area contributed by atoms with Crippen molar-refractivity contribution >= 4 is 13.9 Å². The van der Waals surface area contributed by atoms with Gasteiger partial charge >= 0.3 is 8.03 Å². The summed E-state index contributed by atoms with van der Waals surface area (Å²) < 4.78 is 10.6. The first-order valence-corrected chi connectivity index (χ1v) is 8.04. The van der Waals surface area contributed by atoms with Gasteiger partial charge in [-0.2, -0.15) is 4.89 Å². The van der Waals surface area contributed by atoms with Gasteiger partial charge in [0, 0.05) is 13.3 Å². The molecular formula is C12H23NO4P+. The van der Waals surface area contributed by atoms with Crippen LogP contribution in [0.25, 0.3) is 0 Å². The molecule has 0 spiro atoms. The molecule has 6 heteroatoms. The zero-order valence-corrected chi connectivity index (χ0v) is 11.9. The summed E-state index contributed by atoms with van der Waals surface area (Å²) >= 11 is 0. The van der Waals surface area contributed by atoms with E-state index in [1.165, 1.54) is 44.1 Å². The molecule has 1 atom stereocenters. The molecule has 0 saturated heterocycles. The summed E-state index contributed by atoms with van der Waals surface area (Å²) in [5.41, 5.74) is 0. The van der Waals surface area contributed by atoms with Crippen LogP contribution in [0.5, 0.6) is 0 Å². The Morgan fingerprint density at radius 2 is 2.06 bits per heavy atom. The molecule has 1 rings (SSSR count). The standard InChI is InChI=1S/C12H22NO4P/c1-11(14)13(8-5-9-18(15)16)17-10-12-6-3-2-4-7-12/h12H,2-10H2,1H3/p+1. The first-order valence-electron chi connectivity index (χ1n) is 6.64. The van der Waals surface area contributed by atoms with Crippen molar-refractivity contribution in [2.75, 3.05) is 19.3 Å². The predicted molar refractivity (Wildman–Crippen MR) is 69.2 cm³/mol. The van der Waals surface area contributed by atoms with Gasteiger partial charge in [0.15, 0.2) is 6.16 Å². The van der Waals surface area contributed by atoms with Crippen LogP contribution in [-0.4, -0.2) is 35.2 Å². The van der Waals surface area contributed by atoms with E-state index in [-0.39, 0.29) is 12.1 Å². The quantitative estimate of drug-likeness (QED) is 0.573. The summed E-state index contributed by atoms with van der Waals surface area (Å²) in [5.74, 6) is 0.411. The lowest BCUT2D eigenvalue weighted by Crippen LogP contribution is -2.32. The first kappa shape index (κ1) is 15.5. The van der Waals surface area contributed by atoms with Crippen LogP contribution in [0.15, 0.2) is 0 Å². The molecule has 0 bridgehead atoms. The molecule has 1 saturated carbocycles. The molecule has 18 heavy (non-hydrogen) atoms. The molecule has 0 aromatic carbocycles. The SMILES string of the molecule is CC(=O)N(CCC[P+](=O)O)OCC1CCCCC1. The van der Waals surface area contributed by atoms with E-state index in [1.54, 1.807) is 0 Å². The Kier molecular flexibility index (Phi) is 7.40. The van der Waals surface area contributed by atoms with E-state index < -0.39 is 8.03 Å². The molecule has 1 unspecified atom stereocenters. The topological polar surface area (TPSA) is 66.8 Å². The lowest BCUT2D eigenvalue weighted by molar-refractivity contribution is -0.189. The third-order valence-corrected chi connectivity index (χ3v) is 3.95. The number of rotatable bonds is 7. The highest BCUT2D eigenvalue weighted by atomic mass is 31.1. The van der Waals surface area contributed by atoms with Gasteiger partial charge in [0.2, 0.25) is 5.91 Å². The van der Waals surface area contributed by atoms with E-state index in [2.05, 4.69) is 0 Å². The minimum atomic E-state index is -2.12. The largest absolute Gasteiger partial charge is 0.505 e. The Labute approximate surface area is 109 Å². The van der Waals surface area contributed by atoms with Gasteiger partial charge in [0.05, 0.1) is 13.2 Å². The van der Waals surface area contributed by atoms with Crippen LogP contribution in [0.2, 0.25) is 0 Å². The molecular weight excluding hydrogens is 253 g/mol. The highest BCUT2D eigenvalue weighted by molar-refractivity contribution is 7.37. The molecule has 0 aromatic heterocycles. The number of carbonyl (C=O) groups excluding carboxylic acids is 1. The number of hydrogen-bond donors (Lipinski definition) is 1. The summed E-state index contributed by atoms with van der Waals surface area (Å²) in [6, 6.07) is 0. The van der Waals surface area contributed by atoms with Crippen molar-refractivity contribution in [3.8, 4) is 0 Å². The molecule has 1 aliphatic carbocycles. The van der Waals surface area contributed by atoms with Crippen molar-refractivity contribution in [2.45, 2.75) is 45.4 Å². The van der Waals surface area contributed by atoms with Gasteiger partial charge in [0.1, 0.15) is 0 Å². The molecule has 104 valence electrons. The van der Waals surface area contributed by atoms with Crippen LogP contribution in [0.1, 0.15) is 45.4 Å². The molecule has 0 radical (unpaired) electrons. The third-order valence-electron chi connectivity index (χ3n) is 3.25. The number of hydroxylamine groups is 2. The van der Waals surface area contributed by atoms with Gasteiger partial charge in [-0.15, -0.1) is 0 Å². The summed E-state index contributed by atoms with van der Waals surface area (Å²) in [6.07, 6.45) is 6.86. The van der Waals surface area contributed by atoms with E-state index in [4.69, 9.17) is 9.73 Å². The van der Waals surface area contributed by atoms with E-state index in [1.807, 2.05) is 0 Å². The van der Waals surface area contributed by atoms with Crippen LogP contribution >= 0.6 is 8.03 Å². The zero-order valence-electron chi connectivity index (χ0n) is 11.0. The maximum atomic E-state index is 11.4. The normalized spacial score (nSPS) is 17.6. The van der Waals surface area contributed by atoms with Gasteiger partial charge in [-0.25, -0.2) is 5.06 Å². The van der Waals surface area contributed by atoms with Gasteiger partial charge < -0.3 is 0 Å². The average molecular weight is 276 g/mol. The fraction of sp³-hybridized carbons (Fsp3) is 0.917. The van der Waals surface area contributed by atoms with E-state index in [0.717, 1.165) is 0 Å². The minimum Gasteiger partial charge on any atom is -0.273 e. The van der Waals surface area contributed by atoms with Gasteiger partial charge in [-0.05, 0) is 23.3 Å². The van der Waals surface area contributed by atoms with E-state index in [9.17, 15) is 9.36 Å². The molecule has 0 heterocycles. The maximum absolute atomic E-state index is 11.4. The second-order valence-electron chi connectivity index (χ2n) is 4.85. The van der Waals surface area contributed by atoms with Crippen LogP contribution in [-0.2, 0) is 14.2 Å². The van der Waals surface area contributed by atoms with Gasteiger partial charge in [-0.1, -0.05) is 19.3 Å². The molecule has 0 aliphatic heterocycles. The number of hydrogen-bond acceptors (Lipinski definition) is 3. The Hall–Kier alpha value is -0.510. The predicted octanol–water partition coefficient (Wildman–Crippen LogP) is 2.47. The molecule has 5 nitrogen and oxygen atoms in total. The van der Waals surface area contributed by atoms with E-state index >= 15 is 0 Å². The van der Waals surface area contributed by atoms with Crippen LogP contribution in [0, 0.1) is 5.92 Å². The highest BCUT2D eigenvalue weighted by Crippen LogP contribution is 2.24. The Morgan fingerprint density at radius 1 is 1.39 bits per heavy atom. The van der Waals surface area contributed by atoms with Crippen molar-refractivity contribution in [1.29, 1.82) is 0 Å². The van der Waals surface area contributed by atoms with Crippen molar-refractivity contribution in [3.63, 3.8) is 0 Å². The lowest BCUT2D eigenvalue weighted by Gasteiger charge is -2.25. The van der Waals surface area contributed by atoms with Gasteiger partial charge in [0.25, 0.3) is 0 Å². The second-order valence-corrected chi connectivity index (χ2v) is 6.00. The summed E-state index contributed by atoms with van der Waals surface area (Å²) in [5, 5.41) is 1.33. The Balaban J connectivity index is 2.24. The monoisotopic (exact) mass is 276 g/mol. The van der Waals surface area contributed by atoms with Crippen molar-refractivity contribution < 1.29 is 19.1 Å². The zero-order chi connectivity index (χ0) is 13.4. The fourth-order valence-electron chi connectivity index (χ4n) is 2.21. The van der Waals surface area contributed by atoms with E-state index in [0.29, 0.717) is 25.5 Å². The summed E-state index contributed by atoms with van der Waals surface area (Å²) in [4.78, 5) is 25.6. The molecule has 1 aliphatic rings. The number of carbonyl (C=O) groups is 1. The smallest absolute Gasteiger partial charge is 0.273 e. The second kappa shape index (κ2) is 8.57. The summed E-state index contributed by atoms with van der Waals surface area (Å²) in [6.45, 7) is 2.44.